The van der Waals surface area contributed by atoms with Gasteiger partial charge in [0.25, 0.3) is 5.92 Å². The molecule has 1 aliphatic carbocycles. The van der Waals surface area contributed by atoms with Gasteiger partial charge < -0.3 is 35.6 Å². The molecule has 0 spiro atoms. The van der Waals surface area contributed by atoms with E-state index in [4.69, 9.17) is 11.6 Å². The Kier molecular flexibility index (Phi) is 13.9. The van der Waals surface area contributed by atoms with Crippen molar-refractivity contribution in [1.82, 2.24) is 35.3 Å². The lowest BCUT2D eigenvalue weighted by molar-refractivity contribution is -0.0319. The summed E-state index contributed by atoms with van der Waals surface area (Å²) in [5, 5.41) is 14.3. The number of likely N-dealkylation sites (tertiary alicyclic amines) is 1. The van der Waals surface area contributed by atoms with E-state index in [-0.39, 0.29) is 40.9 Å². The smallest absolute Gasteiger partial charge is 0.267 e. The molecule has 2 aromatic heterocycles. The summed E-state index contributed by atoms with van der Waals surface area (Å²) in [4.78, 5) is 16.9. The molecule has 2 unspecified atom stereocenters. The third-order valence-electron chi connectivity index (χ3n) is 14.1. The van der Waals surface area contributed by atoms with Crippen LogP contribution in [0, 0.1) is 29.3 Å². The van der Waals surface area contributed by atoms with E-state index in [1.165, 1.54) is 49.2 Å². The number of nitrogens with one attached hydrogen (secondary N) is 3. The van der Waals surface area contributed by atoms with Crippen molar-refractivity contribution < 1.29 is 22.0 Å². The lowest BCUT2D eigenvalue weighted by Crippen LogP contribution is -2.40. The minimum absolute atomic E-state index is 0.0982. The van der Waals surface area contributed by atoms with Crippen molar-refractivity contribution >= 4 is 57.2 Å². The molecule has 4 aromatic rings. The highest BCUT2D eigenvalue weighted by atomic mass is 35.5. The number of alkyl halides is 2. The number of piperidine rings is 2. The van der Waals surface area contributed by atoms with E-state index in [1.54, 1.807) is 25.1 Å². The molecular weight excluding hydrogens is 885 g/mol. The molecule has 0 amide bonds. The van der Waals surface area contributed by atoms with Crippen LogP contribution in [0.15, 0.2) is 66.9 Å². The van der Waals surface area contributed by atoms with Crippen LogP contribution in [0.4, 0.5) is 50.9 Å². The molecule has 67 heavy (non-hydrogen) atoms. The fraction of sp³-hybridized carbons (Fsp3) is 0.500. The topological polar surface area (TPSA) is 92.7 Å². The van der Waals surface area contributed by atoms with Gasteiger partial charge in [0.1, 0.15) is 28.0 Å². The molecule has 10 rings (SSSR count). The van der Waals surface area contributed by atoms with Crippen molar-refractivity contribution in [2.24, 2.45) is 18.9 Å². The Morgan fingerprint density at radius 3 is 2.27 bits per heavy atom. The molecule has 3 atom stereocenters. The first-order valence-corrected chi connectivity index (χ1v) is 23.8. The number of benzene rings is 2. The van der Waals surface area contributed by atoms with Crippen LogP contribution < -0.4 is 30.7 Å². The maximum absolute atomic E-state index is 15.4. The molecule has 2 aromatic carbocycles. The average Bonchev–Trinajstić information content (AvgIpc) is 4.15. The van der Waals surface area contributed by atoms with E-state index < -0.39 is 29.4 Å². The maximum atomic E-state index is 15.4. The number of hydrogen-bond acceptors (Lipinski definition) is 10. The Balaban J connectivity index is 0.000000178. The standard InChI is InChI=1S/C27H32ClF3N6.C20H25F2N5.C3H6/c1-14-7-9-37(13-15(14)2)26-32-12-20(28)25(35-26)34-22-10-19-23(11-21(22)29)36(5)16(3)18-6-8-27(30,31)17(4)33-24(18)19;1-12-5-10-27(13(2)23-12)20-15-11-16(21)17(14-6-8-25(3)9-7-14)18(22)19(15)26(4)24-20;1-2-3-1/h10-12,14-15,17,33H,3,6-9,13H2,1-2,4-5H3,(H,32,34,35);11,14,23H,1-2,5-10H2,3-4H3;1-3H2/t14?,15-,17?;;/m0../s1. The number of anilines is 5. The quantitative estimate of drug-likeness (QED) is 0.168. The van der Waals surface area contributed by atoms with Crippen molar-refractivity contribution in [2.45, 2.75) is 96.4 Å². The Morgan fingerprint density at radius 1 is 0.881 bits per heavy atom. The zero-order valence-corrected chi connectivity index (χ0v) is 40.2. The monoisotopic (exact) mass is 947 g/mol. The van der Waals surface area contributed by atoms with Gasteiger partial charge in [0.15, 0.2) is 17.5 Å². The SMILES string of the molecule is C1CC1.C=C1C2=C(NC(C)C(F)(F)CC2)c2cc(Nc3nc(N4CCC(C)[C@@H](C)C4)ncc3Cl)c(F)cc2N1C.C=C1CCN(c2nn(C)c3c(F)c(C4CCN(C)CC4)c(F)cc23)C(=C)N1. The second-order valence-corrected chi connectivity index (χ2v) is 19.6. The van der Waals surface area contributed by atoms with Gasteiger partial charge in [-0.25, -0.2) is 26.9 Å². The van der Waals surface area contributed by atoms with Gasteiger partial charge in [-0.3, -0.25) is 4.68 Å². The lowest BCUT2D eigenvalue weighted by atomic mass is 9.88. The van der Waals surface area contributed by atoms with E-state index in [0.717, 1.165) is 57.6 Å². The van der Waals surface area contributed by atoms with Gasteiger partial charge in [-0.1, -0.05) is 64.4 Å². The number of aryl methyl sites for hydroxylation is 1. The van der Waals surface area contributed by atoms with E-state index in [1.807, 2.05) is 11.9 Å². The Labute approximate surface area is 395 Å². The number of aromatic nitrogens is 4. The van der Waals surface area contributed by atoms with Crippen LogP contribution in [0.3, 0.4) is 0 Å². The van der Waals surface area contributed by atoms with Crippen LogP contribution >= 0.6 is 11.6 Å². The highest BCUT2D eigenvalue weighted by molar-refractivity contribution is 6.33. The Bertz CT molecular complexity index is 2600. The predicted octanol–water partition coefficient (Wildman–Crippen LogP) is 11.2. The maximum Gasteiger partial charge on any atom is 0.267 e. The average molecular weight is 949 g/mol. The summed E-state index contributed by atoms with van der Waals surface area (Å²) >= 11 is 6.40. The predicted molar refractivity (Wildman–Crippen MR) is 260 cm³/mol. The molecule has 0 radical (unpaired) electrons. The van der Waals surface area contributed by atoms with Crippen molar-refractivity contribution in [3.63, 3.8) is 0 Å². The summed E-state index contributed by atoms with van der Waals surface area (Å²) in [7, 11) is 5.50. The van der Waals surface area contributed by atoms with Gasteiger partial charge in [0.2, 0.25) is 5.95 Å². The number of allylic oxidation sites excluding steroid dienone is 1. The number of fused-ring (bicyclic) bond motifs is 3. The molecule has 3 saturated heterocycles. The molecule has 360 valence electrons. The molecule has 1 saturated carbocycles. The first-order valence-electron chi connectivity index (χ1n) is 23.5. The zero-order valence-electron chi connectivity index (χ0n) is 39.5. The number of nitrogens with zero attached hydrogens (tertiary/aromatic N) is 8. The Morgan fingerprint density at radius 2 is 1.60 bits per heavy atom. The molecule has 3 N–H and O–H groups in total. The fourth-order valence-corrected chi connectivity index (χ4v) is 9.54. The Hall–Kier alpha value is -5.35. The third-order valence-corrected chi connectivity index (χ3v) is 14.4. The normalized spacial score (nSPS) is 23.0. The molecule has 17 heteroatoms. The molecule has 4 fully saturated rings. The van der Waals surface area contributed by atoms with E-state index in [0.29, 0.717) is 75.1 Å². The van der Waals surface area contributed by atoms with Crippen LogP contribution in [0.2, 0.25) is 5.02 Å². The molecular formula is C50H63ClF5N11. The summed E-state index contributed by atoms with van der Waals surface area (Å²) in [6, 6.07) is 3.35. The van der Waals surface area contributed by atoms with Crippen molar-refractivity contribution in [2.75, 3.05) is 66.8 Å². The van der Waals surface area contributed by atoms with Crippen molar-refractivity contribution in [3.05, 3.63) is 101 Å². The summed E-state index contributed by atoms with van der Waals surface area (Å²) < 4.78 is 76.5. The van der Waals surface area contributed by atoms with Crippen molar-refractivity contribution in [1.29, 1.82) is 0 Å². The molecule has 6 aliphatic rings. The molecule has 0 bridgehead atoms. The summed E-state index contributed by atoms with van der Waals surface area (Å²) in [6.07, 6.45) is 9.16. The van der Waals surface area contributed by atoms with E-state index in [2.05, 4.69) is 74.4 Å². The largest absolute Gasteiger partial charge is 0.376 e. The second kappa shape index (κ2) is 19.3. The number of likely N-dealkylation sites (N-methyl/N-ethyl adjacent to an activating group) is 1. The van der Waals surface area contributed by atoms with Gasteiger partial charge in [-0.05, 0) is 88.2 Å². The first kappa shape index (κ1) is 48.1. The number of hydrogen-bond donors (Lipinski definition) is 3. The van der Waals surface area contributed by atoms with Crippen molar-refractivity contribution in [3.8, 4) is 0 Å². The number of rotatable bonds is 5. The third kappa shape index (κ3) is 9.97. The van der Waals surface area contributed by atoms with E-state index >= 15 is 13.2 Å². The van der Waals surface area contributed by atoms with E-state index in [9.17, 15) is 8.78 Å². The zero-order chi connectivity index (χ0) is 48.1. The highest BCUT2D eigenvalue weighted by Gasteiger charge is 2.42. The highest BCUT2D eigenvalue weighted by Crippen LogP contribution is 2.46. The molecule has 11 nitrogen and oxygen atoms in total. The van der Waals surface area contributed by atoms with Gasteiger partial charge in [-0.15, -0.1) is 0 Å². The summed E-state index contributed by atoms with van der Waals surface area (Å²) in [5.41, 5.74) is 4.55. The van der Waals surface area contributed by atoms with Crippen LogP contribution in [0.1, 0.15) is 95.6 Å². The van der Waals surface area contributed by atoms with Crippen LogP contribution in [-0.2, 0) is 7.05 Å². The van der Waals surface area contributed by atoms with Crippen LogP contribution in [-0.4, -0.2) is 83.4 Å². The number of halogens is 6. The van der Waals surface area contributed by atoms with Gasteiger partial charge >= 0.3 is 0 Å². The first-order chi connectivity index (χ1) is 31.8. The summed E-state index contributed by atoms with van der Waals surface area (Å²) in [5.74, 6) is -1.39. The van der Waals surface area contributed by atoms with Gasteiger partial charge in [0.05, 0.1) is 29.0 Å². The minimum atomic E-state index is -2.88. The minimum Gasteiger partial charge on any atom is -0.376 e. The lowest BCUT2D eigenvalue weighted by Gasteiger charge is -2.35. The van der Waals surface area contributed by atoms with Crippen LogP contribution in [0.5, 0.6) is 0 Å². The molecule has 7 heterocycles. The van der Waals surface area contributed by atoms with Gasteiger partial charge in [-0.2, -0.15) is 10.1 Å². The summed E-state index contributed by atoms with van der Waals surface area (Å²) in [6.45, 7) is 21.9. The van der Waals surface area contributed by atoms with Gasteiger partial charge in [0, 0.05) is 80.9 Å². The second-order valence-electron chi connectivity index (χ2n) is 19.2. The van der Waals surface area contributed by atoms with Crippen LogP contribution in [0.25, 0.3) is 16.6 Å². The fourth-order valence-electron chi connectivity index (χ4n) is 9.40. The molecule has 5 aliphatic heterocycles.